The number of nitrogens with two attached hydrogens (primary N) is 1. The van der Waals surface area contributed by atoms with Crippen molar-refractivity contribution in [2.75, 3.05) is 41.4 Å². The van der Waals surface area contributed by atoms with Crippen LogP contribution in [0.5, 0.6) is 0 Å². The van der Waals surface area contributed by atoms with Crippen LogP contribution < -0.4 is 16.0 Å². The Morgan fingerprint density at radius 1 is 1.23 bits per heavy atom. The summed E-state index contributed by atoms with van der Waals surface area (Å²) in [6.07, 6.45) is 3.94. The van der Waals surface area contributed by atoms with Gasteiger partial charge in [-0.2, -0.15) is 0 Å². The summed E-state index contributed by atoms with van der Waals surface area (Å²) in [6, 6.07) is 5.51. The standard InChI is InChI=1S/C22H27Cl2N5OS/c1-14(2)11-26-21-17(10-25)18(16-4-3-15(23)9-19(16)24)13-29-20(12-27-22(21)29)28-5-7-31(30)8-6-28/h3-4,9,12-14,26H,5-8,10-11,25H2,1-2H3. The van der Waals surface area contributed by atoms with Crippen LogP contribution >= 0.6 is 23.2 Å². The molecule has 2 aromatic heterocycles. The third kappa shape index (κ3) is 4.61. The van der Waals surface area contributed by atoms with Crippen molar-refractivity contribution in [3.63, 3.8) is 0 Å². The van der Waals surface area contributed by atoms with Gasteiger partial charge in [0.25, 0.3) is 0 Å². The van der Waals surface area contributed by atoms with Crippen LogP contribution in [-0.4, -0.2) is 45.1 Å². The van der Waals surface area contributed by atoms with Crippen molar-refractivity contribution in [3.05, 3.63) is 46.2 Å². The highest BCUT2D eigenvalue weighted by Gasteiger charge is 2.25. The Bertz CT molecular complexity index is 1080. The summed E-state index contributed by atoms with van der Waals surface area (Å²) in [6.45, 7) is 6.95. The number of nitrogens with zero attached hydrogens (tertiary/aromatic N) is 3. The van der Waals surface area contributed by atoms with Crippen LogP contribution in [0, 0.1) is 5.92 Å². The lowest BCUT2D eigenvalue weighted by Crippen LogP contribution is -2.40. The smallest absolute Gasteiger partial charge is 0.162 e. The largest absolute Gasteiger partial charge is 0.616 e. The molecule has 1 fully saturated rings. The normalized spacial score (nSPS) is 15.3. The van der Waals surface area contributed by atoms with Gasteiger partial charge < -0.3 is 20.5 Å². The van der Waals surface area contributed by atoms with Gasteiger partial charge in [-0.3, -0.25) is 4.40 Å². The van der Waals surface area contributed by atoms with Gasteiger partial charge in [0.05, 0.1) is 25.0 Å². The summed E-state index contributed by atoms with van der Waals surface area (Å²) in [7, 11) is 0. The quantitative estimate of drug-likeness (QED) is 0.511. The molecule has 3 N–H and O–H groups in total. The van der Waals surface area contributed by atoms with Crippen LogP contribution in [-0.2, 0) is 17.7 Å². The molecule has 3 aromatic rings. The minimum atomic E-state index is -0.744. The van der Waals surface area contributed by atoms with E-state index in [1.54, 1.807) is 6.07 Å². The Balaban J connectivity index is 1.91. The first-order valence-electron chi connectivity index (χ1n) is 10.4. The highest BCUT2D eigenvalue weighted by atomic mass is 35.5. The first-order valence-corrected chi connectivity index (χ1v) is 12.7. The average molecular weight is 480 g/mol. The lowest BCUT2D eigenvalue weighted by molar-refractivity contribution is 0.585. The minimum Gasteiger partial charge on any atom is -0.616 e. The molecular weight excluding hydrogens is 453 g/mol. The van der Waals surface area contributed by atoms with E-state index >= 15 is 0 Å². The number of hydrogen-bond donors (Lipinski definition) is 2. The maximum atomic E-state index is 11.8. The zero-order chi connectivity index (χ0) is 22.1. The van der Waals surface area contributed by atoms with Crippen LogP contribution in [0.3, 0.4) is 0 Å². The molecule has 1 aliphatic heterocycles. The Kier molecular flexibility index (Phi) is 6.89. The third-order valence-corrected chi connectivity index (χ3v) is 7.32. The van der Waals surface area contributed by atoms with Crippen molar-refractivity contribution in [1.29, 1.82) is 0 Å². The molecule has 0 amide bonds. The highest BCUT2D eigenvalue weighted by molar-refractivity contribution is 7.91. The Morgan fingerprint density at radius 3 is 2.61 bits per heavy atom. The SMILES string of the molecule is CC(C)CNc1c(CN)c(-c2ccc(Cl)cc2Cl)cn2c(N3CC[S+]([O-])CC3)cnc12. The van der Waals surface area contributed by atoms with Gasteiger partial charge in [0.15, 0.2) is 5.65 Å². The second kappa shape index (κ2) is 9.46. The van der Waals surface area contributed by atoms with Crippen LogP contribution in [0.1, 0.15) is 19.4 Å². The van der Waals surface area contributed by atoms with Crippen LogP contribution in [0.4, 0.5) is 11.5 Å². The average Bonchev–Trinajstić information content (AvgIpc) is 3.15. The van der Waals surface area contributed by atoms with E-state index in [0.29, 0.717) is 34.0 Å². The maximum Gasteiger partial charge on any atom is 0.162 e. The molecule has 6 nitrogen and oxygen atoms in total. The van der Waals surface area contributed by atoms with E-state index in [4.69, 9.17) is 33.9 Å². The molecule has 1 saturated heterocycles. The summed E-state index contributed by atoms with van der Waals surface area (Å²) >= 11 is 12.0. The van der Waals surface area contributed by atoms with Gasteiger partial charge in [-0.1, -0.05) is 54.3 Å². The summed E-state index contributed by atoms with van der Waals surface area (Å²) in [4.78, 5) is 6.98. The Labute approximate surface area is 195 Å². The first-order chi connectivity index (χ1) is 14.9. The van der Waals surface area contributed by atoms with Gasteiger partial charge in [0.1, 0.15) is 17.3 Å². The predicted molar refractivity (Wildman–Crippen MR) is 132 cm³/mol. The van der Waals surface area contributed by atoms with Crippen LogP contribution in [0.15, 0.2) is 30.6 Å². The van der Waals surface area contributed by atoms with Gasteiger partial charge in [-0.25, -0.2) is 4.98 Å². The molecular formula is C22H27Cl2N5OS. The summed E-state index contributed by atoms with van der Waals surface area (Å²) in [5, 5.41) is 4.74. The number of hydrogen-bond acceptors (Lipinski definition) is 5. The maximum absolute atomic E-state index is 11.8. The number of pyridine rings is 1. The second-order valence-electron chi connectivity index (χ2n) is 8.14. The third-order valence-electron chi connectivity index (χ3n) is 5.50. The molecule has 4 rings (SSSR count). The Morgan fingerprint density at radius 2 is 1.97 bits per heavy atom. The van der Waals surface area contributed by atoms with Gasteiger partial charge in [0.2, 0.25) is 0 Å². The minimum absolute atomic E-state index is 0.343. The summed E-state index contributed by atoms with van der Waals surface area (Å²) in [5.41, 5.74) is 10.8. The van der Waals surface area contributed by atoms with E-state index in [1.165, 1.54) is 0 Å². The molecule has 3 heterocycles. The molecule has 1 aromatic carbocycles. The van der Waals surface area contributed by atoms with Gasteiger partial charge in [-0.05, 0) is 18.1 Å². The van der Waals surface area contributed by atoms with Crippen molar-refractivity contribution in [2.24, 2.45) is 11.7 Å². The lowest BCUT2D eigenvalue weighted by atomic mass is 10.00. The van der Waals surface area contributed by atoms with Crippen molar-refractivity contribution in [2.45, 2.75) is 20.4 Å². The van der Waals surface area contributed by atoms with E-state index in [1.807, 2.05) is 18.3 Å². The fourth-order valence-electron chi connectivity index (χ4n) is 3.89. The number of benzene rings is 1. The van der Waals surface area contributed by atoms with Crippen LogP contribution in [0.25, 0.3) is 16.8 Å². The zero-order valence-electron chi connectivity index (χ0n) is 17.7. The molecule has 0 spiro atoms. The number of nitrogens with one attached hydrogen (secondary N) is 1. The summed E-state index contributed by atoms with van der Waals surface area (Å²) in [5.74, 6) is 2.78. The van der Waals surface area contributed by atoms with E-state index in [0.717, 1.165) is 53.5 Å². The monoisotopic (exact) mass is 479 g/mol. The number of anilines is 2. The number of fused-ring (bicyclic) bond motifs is 1. The molecule has 1 aliphatic rings. The van der Waals surface area contributed by atoms with Crippen molar-refractivity contribution in [1.82, 2.24) is 9.38 Å². The molecule has 9 heteroatoms. The van der Waals surface area contributed by atoms with Gasteiger partial charge >= 0.3 is 0 Å². The molecule has 166 valence electrons. The molecule has 0 bridgehead atoms. The lowest BCUT2D eigenvalue weighted by Gasteiger charge is -2.29. The molecule has 0 atom stereocenters. The number of rotatable bonds is 6. The molecule has 0 radical (unpaired) electrons. The molecule has 31 heavy (non-hydrogen) atoms. The fourth-order valence-corrected chi connectivity index (χ4v) is 5.45. The van der Waals surface area contributed by atoms with E-state index in [9.17, 15) is 4.55 Å². The number of halogens is 2. The number of aromatic nitrogens is 2. The Hall–Kier alpha value is -1.64. The van der Waals surface area contributed by atoms with E-state index in [2.05, 4.69) is 34.7 Å². The van der Waals surface area contributed by atoms with Gasteiger partial charge in [-0.15, -0.1) is 0 Å². The second-order valence-corrected chi connectivity index (χ2v) is 10.7. The predicted octanol–water partition coefficient (Wildman–Crippen LogP) is 4.40. The molecule has 0 unspecified atom stereocenters. The summed E-state index contributed by atoms with van der Waals surface area (Å²) < 4.78 is 13.9. The fraction of sp³-hybridized carbons (Fsp3) is 0.409. The number of imidazole rings is 1. The van der Waals surface area contributed by atoms with E-state index < -0.39 is 11.2 Å². The zero-order valence-corrected chi connectivity index (χ0v) is 20.0. The van der Waals surface area contributed by atoms with Crippen molar-refractivity contribution >= 4 is 51.5 Å². The molecule has 0 aliphatic carbocycles. The van der Waals surface area contributed by atoms with Crippen molar-refractivity contribution < 1.29 is 4.55 Å². The van der Waals surface area contributed by atoms with Crippen molar-refractivity contribution in [3.8, 4) is 11.1 Å². The van der Waals surface area contributed by atoms with Gasteiger partial charge in [0, 0.05) is 46.0 Å². The highest BCUT2D eigenvalue weighted by Crippen LogP contribution is 2.38. The molecule has 0 saturated carbocycles. The first kappa shape index (κ1) is 22.6. The topological polar surface area (TPSA) is 81.6 Å². The van der Waals surface area contributed by atoms with E-state index in [-0.39, 0.29) is 0 Å². The van der Waals surface area contributed by atoms with Crippen LogP contribution in [0.2, 0.25) is 10.0 Å².